The molecule has 5 nitrogen and oxygen atoms in total. The Morgan fingerprint density at radius 1 is 1.38 bits per heavy atom. The molecule has 1 saturated heterocycles. The summed E-state index contributed by atoms with van der Waals surface area (Å²) >= 11 is 0. The maximum absolute atomic E-state index is 12.1. The van der Waals surface area contributed by atoms with E-state index in [-0.39, 0.29) is 12.0 Å². The Morgan fingerprint density at radius 2 is 2.10 bits per heavy atom. The highest BCUT2D eigenvalue weighted by atomic mass is 16.5. The zero-order chi connectivity index (χ0) is 15.1. The van der Waals surface area contributed by atoms with Crippen molar-refractivity contribution < 1.29 is 19.0 Å². The fourth-order valence-corrected chi connectivity index (χ4v) is 2.27. The van der Waals surface area contributed by atoms with E-state index in [1.54, 1.807) is 19.2 Å². The van der Waals surface area contributed by atoms with Crippen molar-refractivity contribution in [1.29, 1.82) is 0 Å². The molecule has 1 fully saturated rings. The van der Waals surface area contributed by atoms with Crippen LogP contribution in [0.4, 0.5) is 0 Å². The fraction of sp³-hybridized carbons (Fsp3) is 0.562. The first-order valence-corrected chi connectivity index (χ1v) is 7.43. The Hall–Kier alpha value is -1.75. The molecule has 1 heterocycles. The molecule has 0 bridgehead atoms. The topological polar surface area (TPSA) is 56.8 Å². The van der Waals surface area contributed by atoms with Crippen LogP contribution in [0.3, 0.4) is 0 Å². The summed E-state index contributed by atoms with van der Waals surface area (Å²) in [6.45, 7) is 3.28. The molecule has 1 N–H and O–H groups in total. The van der Waals surface area contributed by atoms with Crippen molar-refractivity contribution in [3.05, 3.63) is 24.3 Å². The fourth-order valence-electron chi connectivity index (χ4n) is 2.27. The average Bonchev–Trinajstić information content (AvgIpc) is 3.04. The smallest absolute Gasteiger partial charge is 0.261 e. The molecule has 0 spiro atoms. The average molecular weight is 293 g/mol. The maximum atomic E-state index is 12.1. The summed E-state index contributed by atoms with van der Waals surface area (Å²) in [6.07, 6.45) is 2.35. The number of benzene rings is 1. The van der Waals surface area contributed by atoms with Crippen LogP contribution < -0.4 is 14.8 Å². The zero-order valence-electron chi connectivity index (χ0n) is 12.6. The standard InChI is InChI=1S/C16H23NO4/c1-3-15(16(18)17-11-14-5-4-10-20-14)21-13-8-6-12(19-2)7-9-13/h6-9,14-15H,3-5,10-11H2,1-2H3,(H,17,18). The quantitative estimate of drug-likeness (QED) is 0.837. The lowest BCUT2D eigenvalue weighted by Gasteiger charge is -2.18. The lowest BCUT2D eigenvalue weighted by molar-refractivity contribution is -0.128. The van der Waals surface area contributed by atoms with Gasteiger partial charge in [0.2, 0.25) is 0 Å². The van der Waals surface area contributed by atoms with Gasteiger partial charge in [-0.3, -0.25) is 4.79 Å². The van der Waals surface area contributed by atoms with Gasteiger partial charge in [-0.15, -0.1) is 0 Å². The van der Waals surface area contributed by atoms with Crippen molar-refractivity contribution in [2.45, 2.75) is 38.4 Å². The molecule has 1 aromatic carbocycles. The molecule has 0 aromatic heterocycles. The summed E-state index contributed by atoms with van der Waals surface area (Å²) in [4.78, 5) is 12.1. The third kappa shape index (κ3) is 4.63. The number of carbonyl (C=O) groups excluding carboxylic acids is 1. The third-order valence-corrected chi connectivity index (χ3v) is 3.53. The normalized spacial score (nSPS) is 19.0. The molecule has 2 unspecified atom stereocenters. The first kappa shape index (κ1) is 15.6. The van der Waals surface area contributed by atoms with Gasteiger partial charge in [-0.1, -0.05) is 6.92 Å². The molecule has 2 rings (SSSR count). The molecule has 1 aliphatic heterocycles. The number of hydrogen-bond acceptors (Lipinski definition) is 4. The van der Waals surface area contributed by atoms with Crippen LogP contribution >= 0.6 is 0 Å². The summed E-state index contributed by atoms with van der Waals surface area (Å²) in [6, 6.07) is 7.22. The Balaban J connectivity index is 1.83. The predicted octanol–water partition coefficient (Wildman–Crippen LogP) is 2.15. The number of amides is 1. The van der Waals surface area contributed by atoms with Gasteiger partial charge in [-0.25, -0.2) is 0 Å². The van der Waals surface area contributed by atoms with Crippen LogP contribution in [0, 0.1) is 0 Å². The highest BCUT2D eigenvalue weighted by Crippen LogP contribution is 2.19. The molecule has 1 amide bonds. The summed E-state index contributed by atoms with van der Waals surface area (Å²) in [7, 11) is 1.61. The second-order valence-corrected chi connectivity index (χ2v) is 5.07. The van der Waals surface area contributed by atoms with Crippen LogP contribution in [0.1, 0.15) is 26.2 Å². The van der Waals surface area contributed by atoms with E-state index in [0.717, 1.165) is 25.2 Å². The molecule has 0 radical (unpaired) electrons. The first-order valence-electron chi connectivity index (χ1n) is 7.43. The predicted molar refractivity (Wildman–Crippen MR) is 79.7 cm³/mol. The van der Waals surface area contributed by atoms with Crippen molar-refractivity contribution in [2.24, 2.45) is 0 Å². The largest absolute Gasteiger partial charge is 0.497 e. The van der Waals surface area contributed by atoms with Gasteiger partial charge in [0.05, 0.1) is 13.2 Å². The van der Waals surface area contributed by atoms with E-state index < -0.39 is 6.10 Å². The Labute approximate surface area is 125 Å². The van der Waals surface area contributed by atoms with Crippen LogP contribution in [-0.2, 0) is 9.53 Å². The lowest BCUT2D eigenvalue weighted by atomic mass is 10.2. The van der Waals surface area contributed by atoms with E-state index in [4.69, 9.17) is 14.2 Å². The van der Waals surface area contributed by atoms with Crippen molar-refractivity contribution >= 4 is 5.91 Å². The van der Waals surface area contributed by atoms with Crippen LogP contribution in [0.2, 0.25) is 0 Å². The Bertz CT molecular complexity index is 440. The first-order chi connectivity index (χ1) is 10.2. The molecular weight excluding hydrogens is 270 g/mol. The van der Waals surface area contributed by atoms with Gasteiger partial charge >= 0.3 is 0 Å². The van der Waals surface area contributed by atoms with Crippen molar-refractivity contribution in [3.63, 3.8) is 0 Å². The number of methoxy groups -OCH3 is 1. The number of hydrogen-bond donors (Lipinski definition) is 1. The van der Waals surface area contributed by atoms with Crippen LogP contribution in [0.15, 0.2) is 24.3 Å². The summed E-state index contributed by atoms with van der Waals surface area (Å²) in [5.74, 6) is 1.33. The van der Waals surface area contributed by atoms with Gasteiger partial charge in [-0.2, -0.15) is 0 Å². The van der Waals surface area contributed by atoms with Crippen LogP contribution in [0.25, 0.3) is 0 Å². The van der Waals surface area contributed by atoms with Crippen molar-refractivity contribution in [2.75, 3.05) is 20.3 Å². The Morgan fingerprint density at radius 3 is 2.67 bits per heavy atom. The van der Waals surface area contributed by atoms with Crippen molar-refractivity contribution in [3.8, 4) is 11.5 Å². The van der Waals surface area contributed by atoms with E-state index >= 15 is 0 Å². The molecular formula is C16H23NO4. The van der Waals surface area contributed by atoms with Gasteiger partial charge < -0.3 is 19.5 Å². The van der Waals surface area contributed by atoms with Gasteiger partial charge in [0.1, 0.15) is 11.5 Å². The highest BCUT2D eigenvalue weighted by Gasteiger charge is 2.21. The number of rotatable bonds is 7. The minimum atomic E-state index is -0.486. The number of ether oxygens (including phenoxy) is 3. The highest BCUT2D eigenvalue weighted by molar-refractivity contribution is 5.81. The van der Waals surface area contributed by atoms with E-state index in [0.29, 0.717) is 18.7 Å². The summed E-state index contributed by atoms with van der Waals surface area (Å²) < 4.78 is 16.3. The second-order valence-electron chi connectivity index (χ2n) is 5.07. The van der Waals surface area contributed by atoms with E-state index in [1.807, 2.05) is 19.1 Å². The second kappa shape index (κ2) is 7.88. The van der Waals surface area contributed by atoms with Gasteiger partial charge in [0.25, 0.3) is 5.91 Å². The van der Waals surface area contributed by atoms with Gasteiger partial charge in [0, 0.05) is 13.2 Å². The molecule has 21 heavy (non-hydrogen) atoms. The van der Waals surface area contributed by atoms with E-state index in [2.05, 4.69) is 5.32 Å². The minimum Gasteiger partial charge on any atom is -0.497 e. The van der Waals surface area contributed by atoms with Crippen LogP contribution in [0.5, 0.6) is 11.5 Å². The van der Waals surface area contributed by atoms with Crippen LogP contribution in [-0.4, -0.2) is 38.4 Å². The molecule has 1 aliphatic rings. The minimum absolute atomic E-state index is 0.0937. The summed E-state index contributed by atoms with van der Waals surface area (Å²) in [5.41, 5.74) is 0. The molecule has 5 heteroatoms. The maximum Gasteiger partial charge on any atom is 0.261 e. The molecule has 0 saturated carbocycles. The number of nitrogens with one attached hydrogen (secondary N) is 1. The van der Waals surface area contributed by atoms with E-state index in [1.165, 1.54) is 0 Å². The zero-order valence-corrected chi connectivity index (χ0v) is 12.6. The van der Waals surface area contributed by atoms with Crippen molar-refractivity contribution in [1.82, 2.24) is 5.32 Å². The molecule has 2 atom stereocenters. The molecule has 1 aromatic rings. The monoisotopic (exact) mass is 293 g/mol. The summed E-state index contributed by atoms with van der Waals surface area (Å²) in [5, 5.41) is 2.90. The van der Waals surface area contributed by atoms with Gasteiger partial charge in [0.15, 0.2) is 6.10 Å². The molecule has 0 aliphatic carbocycles. The molecule has 116 valence electrons. The lowest BCUT2D eigenvalue weighted by Crippen LogP contribution is -2.41. The number of carbonyl (C=O) groups is 1. The third-order valence-electron chi connectivity index (χ3n) is 3.53. The van der Waals surface area contributed by atoms with E-state index in [9.17, 15) is 4.79 Å². The SMILES string of the molecule is CCC(Oc1ccc(OC)cc1)C(=O)NCC1CCCO1. The Kier molecular flexibility index (Phi) is 5.87. The van der Waals surface area contributed by atoms with Gasteiger partial charge in [-0.05, 0) is 43.5 Å².